The van der Waals surface area contributed by atoms with Crippen molar-refractivity contribution in [3.8, 4) is 5.75 Å². The highest BCUT2D eigenvalue weighted by Crippen LogP contribution is 2.27. The van der Waals surface area contributed by atoms with Gasteiger partial charge in [-0.2, -0.15) is 0 Å². The number of carboxylic acid groups (broad SMARTS) is 1. The average Bonchev–Trinajstić information content (AvgIpc) is 1.11. The predicted octanol–water partition coefficient (Wildman–Crippen LogP) is 5.38. The van der Waals surface area contributed by atoms with Crippen LogP contribution in [0.2, 0.25) is 0 Å². The van der Waals surface area contributed by atoms with Gasteiger partial charge < -0.3 is 59.9 Å². The van der Waals surface area contributed by atoms with E-state index >= 15 is 0 Å². The van der Waals surface area contributed by atoms with E-state index in [1.165, 1.54) is 68.0 Å². The van der Waals surface area contributed by atoms with E-state index in [-0.39, 0.29) is 19.4 Å². The van der Waals surface area contributed by atoms with Gasteiger partial charge in [0.05, 0.1) is 13.0 Å². The molecule has 0 radical (unpaired) electrons. The summed E-state index contributed by atoms with van der Waals surface area (Å²) in [7, 11) is 6.77. The maximum atomic E-state index is 15.0. The third kappa shape index (κ3) is 20.9. The average molecular weight is 1250 g/mol. The van der Waals surface area contributed by atoms with Crippen LogP contribution in [-0.2, 0) is 63.9 Å². The number of hydrogen-bond acceptors (Lipinski definition) is 13. The molecule has 23 heteroatoms. The van der Waals surface area contributed by atoms with E-state index < -0.39 is 162 Å². The molecule has 2 aliphatic heterocycles. The maximum Gasteiger partial charge on any atom is 0.329 e. The summed E-state index contributed by atoms with van der Waals surface area (Å²) in [5.74, 6) is -11.4. The summed E-state index contributed by atoms with van der Waals surface area (Å²) in [6.07, 6.45) is 5.45. The van der Waals surface area contributed by atoms with Crippen LogP contribution in [-0.4, -0.2) is 209 Å². The first-order chi connectivity index (χ1) is 41.6. The van der Waals surface area contributed by atoms with Crippen LogP contribution in [0.3, 0.4) is 0 Å². The molecule has 2 saturated heterocycles. The van der Waals surface area contributed by atoms with E-state index in [1.54, 1.807) is 86.6 Å². The molecule has 0 aromatic heterocycles. The number of hydrogen-bond donors (Lipinski definition) is 4. The Morgan fingerprint density at radius 3 is 1.75 bits per heavy atom. The topological polar surface area (TPSA) is 282 Å². The molecule has 11 atom stereocenters. The summed E-state index contributed by atoms with van der Waals surface area (Å²) < 4.78 is 11.9. The fraction of sp³-hybridized carbons (Fsp3) is 0.682. The van der Waals surface area contributed by atoms with Crippen LogP contribution >= 0.6 is 0 Å². The van der Waals surface area contributed by atoms with E-state index in [0.717, 1.165) is 27.5 Å². The van der Waals surface area contributed by atoms with E-state index in [1.807, 2.05) is 19.9 Å². The van der Waals surface area contributed by atoms with Crippen LogP contribution in [0.4, 0.5) is 0 Å². The van der Waals surface area contributed by atoms with Gasteiger partial charge in [0.1, 0.15) is 60.7 Å². The van der Waals surface area contributed by atoms with Crippen LogP contribution in [0.15, 0.2) is 47.6 Å². The molecule has 0 bridgehead atoms. The minimum absolute atomic E-state index is 0.100. The van der Waals surface area contributed by atoms with Gasteiger partial charge in [-0.1, -0.05) is 111 Å². The second kappa shape index (κ2) is 35.2. The molecule has 3 rings (SSSR count). The zero-order valence-electron chi connectivity index (χ0n) is 56.5. The SMILES string of the molecule is CCC(C)[C@H]1C(=O)N(C)[C@@H](C(C)CC)C(=O)NCC(=O)N(C)[C@@H](C(C)C)C(=O)N[C@@H](Cc2ccc(OC/C=C(\C)CCC=C(C)C)cc2)C(=O)O[C@H](C)C(=O)N2CCCC[C@H]2C(=O)N(C)[C@@H](C(C)C)C(=O)N[C@@H](C(C)C)C(=O)N(C)[C@H](CC(=O)O)C(=O)N1C. The lowest BCUT2D eigenvalue weighted by Gasteiger charge is -2.41. The van der Waals surface area contributed by atoms with Crippen molar-refractivity contribution in [2.75, 3.05) is 54.9 Å². The van der Waals surface area contributed by atoms with Crippen molar-refractivity contribution < 1.29 is 67.3 Å². The minimum Gasteiger partial charge on any atom is -0.490 e. The Morgan fingerprint density at radius 1 is 0.652 bits per heavy atom. The molecular formula is C66H105N9O14. The number of amides is 9. The highest BCUT2D eigenvalue weighted by atomic mass is 16.5. The lowest BCUT2D eigenvalue weighted by atomic mass is 9.92. The van der Waals surface area contributed by atoms with Gasteiger partial charge in [0.25, 0.3) is 5.91 Å². The Bertz CT molecular complexity index is 2710. The van der Waals surface area contributed by atoms with Crippen molar-refractivity contribution in [1.29, 1.82) is 0 Å². The monoisotopic (exact) mass is 1250 g/mol. The highest BCUT2D eigenvalue weighted by molar-refractivity contribution is 5.99. The fourth-order valence-corrected chi connectivity index (χ4v) is 11.6. The van der Waals surface area contributed by atoms with Crippen molar-refractivity contribution in [3.63, 3.8) is 0 Å². The number of carboxylic acids is 1. The smallest absolute Gasteiger partial charge is 0.329 e. The third-order valence-corrected chi connectivity index (χ3v) is 17.4. The number of benzene rings is 1. The Morgan fingerprint density at radius 2 is 1.20 bits per heavy atom. The number of aliphatic carboxylic acids is 1. The molecule has 0 spiro atoms. The van der Waals surface area contributed by atoms with E-state index in [4.69, 9.17) is 9.47 Å². The summed E-state index contributed by atoms with van der Waals surface area (Å²) >= 11 is 0. The molecule has 2 aliphatic rings. The molecule has 9 amide bonds. The first-order valence-electron chi connectivity index (χ1n) is 31.6. The zero-order chi connectivity index (χ0) is 67.5. The number of nitrogens with zero attached hydrogens (tertiary/aromatic N) is 6. The van der Waals surface area contributed by atoms with E-state index in [9.17, 15) is 57.8 Å². The van der Waals surface area contributed by atoms with Crippen LogP contribution in [0.25, 0.3) is 0 Å². The number of fused-ring (bicyclic) bond motifs is 1. The van der Waals surface area contributed by atoms with Crippen LogP contribution in [0, 0.1) is 29.6 Å². The number of ether oxygens (including phenoxy) is 2. The van der Waals surface area contributed by atoms with Crippen molar-refractivity contribution in [2.24, 2.45) is 29.6 Å². The summed E-state index contributed by atoms with van der Waals surface area (Å²) in [5.41, 5.74) is 3.00. The standard InChI is InChI=1S/C66H105N9O14/c1-20-43(12)56-58(79)67-37-51(76)71(16)54(40(7)8)59(80)68-48(35-46-28-30-47(31-29-46)88-34-32-42(11)26-24-25-38(3)4)66(87)89-45(14)61(82)75-33-23-22-27-49(75)62(83)72(17)55(41(9)10)60(81)69-53(39(5)6)64(85)70(15)50(36-52(77)78)63(84)74(19)57(44(13)21-2)65(86)73(56)18/h25,28-32,39-41,43-45,48-50,53-57H,20-24,26-27,33-37H2,1-19H3,(H,67,79)(H,68,80)(H,69,81)(H,77,78)/b42-32+/t43?,44?,45-,48+,49+,50-,53+,54+,55+,56+,57+/m1/s1. The molecule has 498 valence electrons. The van der Waals surface area contributed by atoms with Gasteiger partial charge in [0.2, 0.25) is 47.3 Å². The van der Waals surface area contributed by atoms with Gasteiger partial charge in [0, 0.05) is 48.2 Å². The Hall–Kier alpha value is -7.33. The van der Waals surface area contributed by atoms with Gasteiger partial charge in [0.15, 0.2) is 6.10 Å². The quantitative estimate of drug-likeness (QED) is 0.113. The summed E-state index contributed by atoms with van der Waals surface area (Å²) in [6.45, 7) is 24.5. The number of cyclic esters (lactones) is 1. The van der Waals surface area contributed by atoms with E-state index in [2.05, 4.69) is 35.9 Å². The molecule has 23 nitrogen and oxygen atoms in total. The molecular weight excluding hydrogens is 1140 g/mol. The molecule has 2 fully saturated rings. The number of esters is 1. The van der Waals surface area contributed by atoms with Crippen molar-refractivity contribution in [1.82, 2.24) is 45.3 Å². The molecule has 2 heterocycles. The van der Waals surface area contributed by atoms with Gasteiger partial charge >= 0.3 is 11.9 Å². The van der Waals surface area contributed by atoms with E-state index in [0.29, 0.717) is 43.6 Å². The summed E-state index contributed by atoms with van der Waals surface area (Å²) in [4.78, 5) is 166. The minimum atomic E-state index is -1.70. The largest absolute Gasteiger partial charge is 0.490 e. The summed E-state index contributed by atoms with van der Waals surface area (Å²) in [5, 5.41) is 18.5. The number of carbonyl (C=O) groups excluding carboxylic acids is 10. The fourth-order valence-electron chi connectivity index (χ4n) is 11.6. The lowest BCUT2D eigenvalue weighted by Crippen LogP contribution is -2.63. The zero-order valence-corrected chi connectivity index (χ0v) is 56.5. The number of piperidine rings is 1. The van der Waals surface area contributed by atoms with Gasteiger partial charge in [-0.15, -0.1) is 0 Å². The number of nitrogens with one attached hydrogen (secondary N) is 3. The lowest BCUT2D eigenvalue weighted by molar-refractivity contribution is -0.165. The molecule has 89 heavy (non-hydrogen) atoms. The molecule has 2 unspecified atom stereocenters. The molecule has 1 aromatic rings. The highest BCUT2D eigenvalue weighted by Gasteiger charge is 2.46. The number of allylic oxidation sites excluding steroid dienone is 3. The Kier molecular flexibility index (Phi) is 30.0. The van der Waals surface area contributed by atoms with Gasteiger partial charge in [-0.05, 0) is 113 Å². The number of rotatable bonds is 17. The number of carbonyl (C=O) groups is 11. The first-order valence-corrected chi connectivity index (χ1v) is 31.6. The van der Waals surface area contributed by atoms with Gasteiger partial charge in [-0.3, -0.25) is 47.9 Å². The molecule has 0 saturated carbocycles. The van der Waals surface area contributed by atoms with Crippen LogP contribution < -0.4 is 20.7 Å². The molecule has 4 N–H and O–H groups in total. The third-order valence-electron chi connectivity index (χ3n) is 17.4. The number of likely N-dealkylation sites (N-methyl/N-ethyl adjacent to an activating group) is 5. The Labute approximate surface area is 528 Å². The van der Waals surface area contributed by atoms with Crippen LogP contribution in [0.1, 0.15) is 154 Å². The second-order valence-electron chi connectivity index (χ2n) is 25.6. The maximum absolute atomic E-state index is 15.0. The summed E-state index contributed by atoms with van der Waals surface area (Å²) in [6, 6.07) is -3.64. The van der Waals surface area contributed by atoms with Crippen molar-refractivity contribution in [3.05, 3.63) is 53.1 Å². The molecule has 0 aliphatic carbocycles. The van der Waals surface area contributed by atoms with Crippen molar-refractivity contribution >= 4 is 65.1 Å². The normalized spacial score (nSPS) is 25.4. The van der Waals surface area contributed by atoms with Gasteiger partial charge in [-0.25, -0.2) is 4.79 Å². The molecule has 1 aromatic carbocycles. The first kappa shape index (κ1) is 75.9. The van der Waals surface area contributed by atoms with Crippen LogP contribution in [0.5, 0.6) is 5.75 Å². The second-order valence-corrected chi connectivity index (χ2v) is 25.6. The van der Waals surface area contributed by atoms with Crippen molar-refractivity contribution in [2.45, 2.75) is 209 Å². The predicted molar refractivity (Wildman–Crippen MR) is 338 cm³/mol. The Balaban J connectivity index is 2.24.